The monoisotopic (exact) mass is 452 g/mol. The van der Waals surface area contributed by atoms with Crippen LogP contribution < -0.4 is 15.8 Å². The first-order valence-corrected chi connectivity index (χ1v) is 10.9. The highest BCUT2D eigenvalue weighted by molar-refractivity contribution is 5.92. The van der Waals surface area contributed by atoms with Gasteiger partial charge in [-0.25, -0.2) is 14.4 Å². The molecule has 2 aliphatic rings. The standard InChI is InChI=1S/C23H25FN6O3/c1-13-22(31)28-21-16(26-13)4-3-14(20(21)24)9-29-7-8-30-15(10-29)11-33-12-18-19(30)6-5-17(27-18)23(32)25-2/h3-6,15H,7-12H2,1-2H3,(H,25,32)(H,28,31)/t15-/m1/s1. The smallest absolute Gasteiger partial charge is 0.269 e. The predicted octanol–water partition coefficient (Wildman–Crippen LogP) is 1.35. The van der Waals surface area contributed by atoms with Crippen molar-refractivity contribution in [1.29, 1.82) is 0 Å². The van der Waals surface area contributed by atoms with E-state index in [0.29, 0.717) is 48.8 Å². The zero-order valence-electron chi connectivity index (χ0n) is 18.5. The molecule has 1 saturated heterocycles. The Labute approximate surface area is 189 Å². The lowest BCUT2D eigenvalue weighted by molar-refractivity contribution is 0.0874. The van der Waals surface area contributed by atoms with Crippen LogP contribution >= 0.6 is 0 Å². The second kappa shape index (κ2) is 8.53. The summed E-state index contributed by atoms with van der Waals surface area (Å²) >= 11 is 0. The van der Waals surface area contributed by atoms with E-state index in [-0.39, 0.29) is 23.0 Å². The number of piperazine rings is 1. The van der Waals surface area contributed by atoms with Gasteiger partial charge in [-0.15, -0.1) is 0 Å². The van der Waals surface area contributed by atoms with E-state index in [1.807, 2.05) is 6.07 Å². The van der Waals surface area contributed by atoms with Crippen LogP contribution in [-0.4, -0.2) is 65.1 Å². The Kier molecular flexibility index (Phi) is 5.55. The number of amides is 1. The number of aryl methyl sites for hydroxylation is 1. The largest absolute Gasteiger partial charge is 0.373 e. The van der Waals surface area contributed by atoms with Crippen LogP contribution in [0.5, 0.6) is 0 Å². The van der Waals surface area contributed by atoms with Gasteiger partial charge in [-0.3, -0.25) is 14.5 Å². The number of halogens is 1. The van der Waals surface area contributed by atoms with Crippen molar-refractivity contribution in [3.8, 4) is 0 Å². The van der Waals surface area contributed by atoms with Gasteiger partial charge in [-0.2, -0.15) is 0 Å². The molecule has 0 unspecified atom stereocenters. The molecule has 1 amide bonds. The number of aromatic amines is 1. The number of anilines is 1. The number of H-pyrrole nitrogens is 1. The molecule has 0 spiro atoms. The van der Waals surface area contributed by atoms with E-state index in [2.05, 4.69) is 30.1 Å². The van der Waals surface area contributed by atoms with E-state index < -0.39 is 5.82 Å². The minimum atomic E-state index is -0.437. The van der Waals surface area contributed by atoms with Gasteiger partial charge in [0.1, 0.15) is 16.9 Å². The summed E-state index contributed by atoms with van der Waals surface area (Å²) in [6, 6.07) is 7.22. The third-order valence-corrected chi connectivity index (χ3v) is 6.28. The Balaban J connectivity index is 1.36. The minimum absolute atomic E-state index is 0.0836. The lowest BCUT2D eigenvalue weighted by atomic mass is 10.1. The Hall–Kier alpha value is -3.37. The zero-order chi connectivity index (χ0) is 23.1. The van der Waals surface area contributed by atoms with Gasteiger partial charge < -0.3 is 19.9 Å². The number of hydrogen-bond acceptors (Lipinski definition) is 7. The summed E-state index contributed by atoms with van der Waals surface area (Å²) in [5.74, 6) is -0.666. The van der Waals surface area contributed by atoms with E-state index in [4.69, 9.17) is 4.74 Å². The molecule has 9 nitrogen and oxygen atoms in total. The molecule has 1 aromatic carbocycles. The first-order valence-electron chi connectivity index (χ1n) is 10.9. The van der Waals surface area contributed by atoms with Gasteiger partial charge in [-0.05, 0) is 25.1 Å². The summed E-state index contributed by atoms with van der Waals surface area (Å²) in [4.78, 5) is 39.6. The fraction of sp³-hybridized carbons (Fsp3) is 0.391. The summed E-state index contributed by atoms with van der Waals surface area (Å²) in [6.07, 6.45) is 0. The molecule has 0 saturated carbocycles. The number of nitrogens with zero attached hydrogens (tertiary/aromatic N) is 4. The number of ether oxygens (including phenoxy) is 1. The molecule has 4 heterocycles. The van der Waals surface area contributed by atoms with Crippen molar-refractivity contribution in [3.05, 3.63) is 63.1 Å². The Morgan fingerprint density at radius 2 is 2.12 bits per heavy atom. The number of carbonyl (C=O) groups is 1. The number of rotatable bonds is 3. The maximum absolute atomic E-state index is 15.2. The summed E-state index contributed by atoms with van der Waals surface area (Å²) in [5, 5.41) is 2.59. The second-order valence-electron chi connectivity index (χ2n) is 8.42. The molecule has 33 heavy (non-hydrogen) atoms. The topological polar surface area (TPSA) is 103 Å². The lowest BCUT2D eigenvalue weighted by Crippen LogP contribution is -2.54. The molecule has 0 aliphatic carbocycles. The van der Waals surface area contributed by atoms with Gasteiger partial charge >= 0.3 is 0 Å². The normalized spacial score (nSPS) is 18.5. The number of fused-ring (bicyclic) bond motifs is 4. The lowest BCUT2D eigenvalue weighted by Gasteiger charge is -2.41. The predicted molar refractivity (Wildman–Crippen MR) is 121 cm³/mol. The number of nitrogens with one attached hydrogen (secondary N) is 2. The van der Waals surface area contributed by atoms with Crippen LogP contribution in [0.25, 0.3) is 11.0 Å². The average molecular weight is 452 g/mol. The summed E-state index contributed by atoms with van der Waals surface area (Å²) in [5.41, 5.74) is 3.13. The quantitative estimate of drug-likeness (QED) is 0.618. The van der Waals surface area contributed by atoms with Crippen molar-refractivity contribution in [2.75, 3.05) is 38.2 Å². The van der Waals surface area contributed by atoms with Crippen LogP contribution in [0.2, 0.25) is 0 Å². The van der Waals surface area contributed by atoms with Gasteiger partial charge in [0.05, 0.1) is 36.2 Å². The number of pyridine rings is 1. The zero-order valence-corrected chi connectivity index (χ0v) is 18.5. The Morgan fingerprint density at radius 1 is 1.27 bits per heavy atom. The molecule has 0 radical (unpaired) electrons. The highest BCUT2D eigenvalue weighted by atomic mass is 19.1. The highest BCUT2D eigenvalue weighted by Crippen LogP contribution is 2.29. The maximum Gasteiger partial charge on any atom is 0.269 e. The number of benzene rings is 1. The number of aromatic nitrogens is 3. The molecule has 3 aromatic rings. The Morgan fingerprint density at radius 3 is 2.94 bits per heavy atom. The summed E-state index contributed by atoms with van der Waals surface area (Å²) in [6.45, 7) is 5.03. The average Bonchev–Trinajstić information content (AvgIpc) is 3.00. The van der Waals surface area contributed by atoms with Crippen LogP contribution in [0, 0.1) is 12.7 Å². The molecule has 2 aromatic heterocycles. The van der Waals surface area contributed by atoms with Crippen LogP contribution in [0.4, 0.5) is 10.1 Å². The molecular weight excluding hydrogens is 427 g/mol. The van der Waals surface area contributed by atoms with Crippen LogP contribution in [0.3, 0.4) is 0 Å². The van der Waals surface area contributed by atoms with Gasteiger partial charge in [0.2, 0.25) is 0 Å². The maximum atomic E-state index is 15.2. The van der Waals surface area contributed by atoms with Crippen molar-refractivity contribution in [1.82, 2.24) is 25.2 Å². The van der Waals surface area contributed by atoms with Gasteiger partial charge in [0.25, 0.3) is 11.5 Å². The van der Waals surface area contributed by atoms with Crippen molar-refractivity contribution in [2.24, 2.45) is 0 Å². The van der Waals surface area contributed by atoms with Crippen molar-refractivity contribution >= 4 is 22.6 Å². The van der Waals surface area contributed by atoms with Crippen molar-refractivity contribution in [2.45, 2.75) is 26.1 Å². The summed E-state index contributed by atoms with van der Waals surface area (Å²) in [7, 11) is 1.58. The molecule has 2 aliphatic heterocycles. The van der Waals surface area contributed by atoms with E-state index in [9.17, 15) is 9.59 Å². The number of carbonyl (C=O) groups excluding carboxylic acids is 1. The van der Waals surface area contributed by atoms with E-state index in [1.165, 1.54) is 0 Å². The fourth-order valence-electron chi connectivity index (χ4n) is 4.55. The molecule has 172 valence electrons. The van der Waals surface area contributed by atoms with Gasteiger partial charge in [0, 0.05) is 38.8 Å². The van der Waals surface area contributed by atoms with Crippen molar-refractivity contribution in [3.63, 3.8) is 0 Å². The van der Waals surface area contributed by atoms with Crippen LogP contribution in [0.1, 0.15) is 27.4 Å². The first kappa shape index (κ1) is 21.5. The highest BCUT2D eigenvalue weighted by Gasteiger charge is 2.32. The first-order chi connectivity index (χ1) is 15.9. The minimum Gasteiger partial charge on any atom is -0.373 e. The molecule has 0 bridgehead atoms. The van der Waals surface area contributed by atoms with E-state index >= 15 is 4.39 Å². The third kappa shape index (κ3) is 3.96. The molecule has 5 rings (SSSR count). The second-order valence-corrected chi connectivity index (χ2v) is 8.42. The molecule has 2 N–H and O–H groups in total. The van der Waals surface area contributed by atoms with E-state index in [0.717, 1.165) is 24.5 Å². The molecule has 1 atom stereocenters. The van der Waals surface area contributed by atoms with Crippen LogP contribution in [-0.2, 0) is 17.9 Å². The summed E-state index contributed by atoms with van der Waals surface area (Å²) < 4.78 is 21.0. The Bertz CT molecular complexity index is 1290. The molecule has 10 heteroatoms. The molecule has 1 fully saturated rings. The van der Waals surface area contributed by atoms with Gasteiger partial charge in [0.15, 0.2) is 5.82 Å². The van der Waals surface area contributed by atoms with Gasteiger partial charge in [-0.1, -0.05) is 6.07 Å². The molecular formula is C23H25FN6O3. The van der Waals surface area contributed by atoms with E-state index in [1.54, 1.807) is 32.2 Å². The van der Waals surface area contributed by atoms with Crippen LogP contribution in [0.15, 0.2) is 29.1 Å². The number of hydrogen-bond donors (Lipinski definition) is 2. The fourth-order valence-corrected chi connectivity index (χ4v) is 4.55. The SMILES string of the molecule is CNC(=O)c1ccc2c(n1)COC[C@H]1CN(Cc3ccc4nc(C)c(=O)[nH]c4c3F)CCN21. The third-order valence-electron chi connectivity index (χ3n) is 6.28. The van der Waals surface area contributed by atoms with Crippen molar-refractivity contribution < 1.29 is 13.9 Å².